The summed E-state index contributed by atoms with van der Waals surface area (Å²) in [6, 6.07) is -1.14. The Kier molecular flexibility index (Phi) is 10.4. The number of rotatable bonds is 11. The maximum Gasteiger partial charge on any atom is 0.324 e. The van der Waals surface area contributed by atoms with Gasteiger partial charge >= 0.3 is 5.97 Å². The molecule has 0 saturated carbocycles. The van der Waals surface area contributed by atoms with Gasteiger partial charge in [-0.2, -0.15) is 0 Å². The molecule has 1 unspecified atom stereocenters. The monoisotopic (exact) mass is 464 g/mol. The number of nitrogens with zero attached hydrogens (tertiary/aromatic N) is 2. The fourth-order valence-electron chi connectivity index (χ4n) is 4.00. The Morgan fingerprint density at radius 2 is 2.19 bits per heavy atom. The molecule has 3 N–H and O–H groups in total. The first-order valence-electron chi connectivity index (χ1n) is 11.7. The van der Waals surface area contributed by atoms with Crippen molar-refractivity contribution in [3.8, 4) is 0 Å². The van der Waals surface area contributed by atoms with E-state index in [1.807, 2.05) is 6.08 Å². The minimum absolute atomic E-state index is 0.0494. The van der Waals surface area contributed by atoms with E-state index in [9.17, 15) is 9.59 Å². The Morgan fingerprint density at radius 1 is 1.44 bits per heavy atom. The smallest absolute Gasteiger partial charge is 0.324 e. The fraction of sp³-hybridized carbons (Fsp3) is 0.708. The predicted molar refractivity (Wildman–Crippen MR) is 132 cm³/mol. The van der Waals surface area contributed by atoms with Gasteiger partial charge in [0.25, 0.3) is 5.91 Å². The fourth-order valence-corrected chi connectivity index (χ4v) is 5.12. The molecule has 0 radical (unpaired) electrons. The molecule has 0 aromatic heterocycles. The summed E-state index contributed by atoms with van der Waals surface area (Å²) < 4.78 is 5.55. The number of ether oxygens (including phenoxy) is 1. The van der Waals surface area contributed by atoms with Gasteiger partial charge in [-0.25, -0.2) is 5.43 Å². The molecule has 0 aromatic rings. The van der Waals surface area contributed by atoms with Crippen molar-refractivity contribution in [1.82, 2.24) is 10.4 Å². The lowest BCUT2D eigenvalue weighted by atomic mass is 9.89. The van der Waals surface area contributed by atoms with Crippen LogP contribution in [0, 0.1) is 5.41 Å². The third-order valence-corrected chi connectivity index (χ3v) is 6.84. The van der Waals surface area contributed by atoms with Crippen molar-refractivity contribution in [3.63, 3.8) is 0 Å². The van der Waals surface area contributed by atoms with Gasteiger partial charge in [0, 0.05) is 18.7 Å². The molecule has 2 aliphatic rings. The molecule has 0 aliphatic carbocycles. The number of nitrogens with one attached hydrogen (secondary N) is 1. The Bertz CT molecular complexity index is 735. The van der Waals surface area contributed by atoms with Crippen molar-refractivity contribution >= 4 is 28.7 Å². The number of hydrogen-bond donors (Lipinski definition) is 2. The van der Waals surface area contributed by atoms with Crippen LogP contribution in [0.25, 0.3) is 0 Å². The molecule has 1 saturated heterocycles. The molecule has 0 bridgehead atoms. The standard InChI is InChI=1S/C24H40N4O3S/c1-6-10-17(8-3)20-15-32-21(26-20)14-18(25)22(29)28-13-9-11-19(27-28)23(30)31-16-24(4,5)12-7-2/h8,10,18-20,27H,3,6-7,9,11-16,25H2,1-2,4-5H3/b17-10+/t18-,19-,20?/m0/s1. The van der Waals surface area contributed by atoms with Crippen molar-refractivity contribution in [2.24, 2.45) is 16.1 Å². The van der Waals surface area contributed by atoms with E-state index in [1.54, 1.807) is 11.8 Å². The molecule has 3 atom stereocenters. The molecule has 1 amide bonds. The zero-order chi connectivity index (χ0) is 23.7. The van der Waals surface area contributed by atoms with Crippen molar-refractivity contribution in [1.29, 1.82) is 0 Å². The van der Waals surface area contributed by atoms with E-state index >= 15 is 0 Å². The van der Waals surface area contributed by atoms with Gasteiger partial charge in [0.2, 0.25) is 0 Å². The van der Waals surface area contributed by atoms with Crippen LogP contribution in [0.4, 0.5) is 0 Å². The molecule has 0 aromatic carbocycles. The lowest BCUT2D eigenvalue weighted by Gasteiger charge is -2.34. The van der Waals surface area contributed by atoms with Crippen LogP contribution in [0.3, 0.4) is 0 Å². The van der Waals surface area contributed by atoms with E-state index in [-0.39, 0.29) is 23.3 Å². The van der Waals surface area contributed by atoms with Crippen molar-refractivity contribution < 1.29 is 14.3 Å². The number of amides is 1. The van der Waals surface area contributed by atoms with E-state index < -0.39 is 12.1 Å². The third-order valence-electron chi connectivity index (χ3n) is 5.75. The van der Waals surface area contributed by atoms with E-state index in [4.69, 9.17) is 15.5 Å². The summed E-state index contributed by atoms with van der Waals surface area (Å²) in [7, 11) is 0. The Hall–Kier alpha value is -1.64. The molecule has 2 heterocycles. The summed E-state index contributed by atoms with van der Waals surface area (Å²) in [6.45, 7) is 13.2. The van der Waals surface area contributed by atoms with Crippen LogP contribution >= 0.6 is 11.8 Å². The Labute approximate surface area is 197 Å². The third kappa shape index (κ3) is 7.74. The van der Waals surface area contributed by atoms with Crippen LogP contribution in [0.2, 0.25) is 0 Å². The molecule has 8 heteroatoms. The van der Waals surface area contributed by atoms with Gasteiger partial charge in [-0.15, -0.1) is 11.8 Å². The van der Waals surface area contributed by atoms with Crippen LogP contribution in [0.15, 0.2) is 29.3 Å². The second-order valence-electron chi connectivity index (χ2n) is 9.31. The normalized spacial score (nSPS) is 23.0. The number of hydrazine groups is 1. The number of aliphatic imine (C=N–C) groups is 1. The average Bonchev–Trinajstić information content (AvgIpc) is 3.23. The summed E-state index contributed by atoms with van der Waals surface area (Å²) in [5.74, 6) is 0.324. The second kappa shape index (κ2) is 12.6. The first kappa shape index (κ1) is 26.6. The molecule has 1 fully saturated rings. The molecule has 32 heavy (non-hydrogen) atoms. The predicted octanol–water partition coefficient (Wildman–Crippen LogP) is 3.61. The zero-order valence-corrected chi connectivity index (χ0v) is 20.9. The highest BCUT2D eigenvalue weighted by Gasteiger charge is 2.33. The van der Waals surface area contributed by atoms with Crippen LogP contribution in [0.5, 0.6) is 0 Å². The number of thioether (sulfide) groups is 1. The molecule has 2 rings (SSSR count). The van der Waals surface area contributed by atoms with Gasteiger partial charge in [-0.05, 0) is 36.7 Å². The van der Waals surface area contributed by atoms with Crippen LogP contribution in [0.1, 0.15) is 66.2 Å². The minimum Gasteiger partial charge on any atom is -0.464 e. The van der Waals surface area contributed by atoms with Crippen LogP contribution in [-0.2, 0) is 14.3 Å². The van der Waals surface area contributed by atoms with Gasteiger partial charge in [-0.3, -0.25) is 19.6 Å². The highest BCUT2D eigenvalue weighted by molar-refractivity contribution is 8.14. The highest BCUT2D eigenvalue weighted by Crippen LogP contribution is 2.27. The zero-order valence-electron chi connectivity index (χ0n) is 20.1. The highest BCUT2D eigenvalue weighted by atomic mass is 32.2. The van der Waals surface area contributed by atoms with E-state index in [1.165, 1.54) is 5.01 Å². The Morgan fingerprint density at radius 3 is 2.84 bits per heavy atom. The topological polar surface area (TPSA) is 97.0 Å². The van der Waals surface area contributed by atoms with Gasteiger partial charge in [-0.1, -0.05) is 52.8 Å². The molecule has 7 nitrogen and oxygen atoms in total. The summed E-state index contributed by atoms with van der Waals surface area (Å²) in [4.78, 5) is 30.2. The van der Waals surface area contributed by atoms with E-state index in [0.717, 1.165) is 42.1 Å². The van der Waals surface area contributed by atoms with E-state index in [2.05, 4.69) is 45.8 Å². The number of hydrogen-bond acceptors (Lipinski definition) is 7. The lowest BCUT2D eigenvalue weighted by Crippen LogP contribution is -2.59. The molecule has 0 spiro atoms. The summed E-state index contributed by atoms with van der Waals surface area (Å²) in [5.41, 5.74) is 10.3. The largest absolute Gasteiger partial charge is 0.464 e. The summed E-state index contributed by atoms with van der Waals surface area (Å²) >= 11 is 1.65. The lowest BCUT2D eigenvalue weighted by molar-refractivity contribution is -0.155. The van der Waals surface area contributed by atoms with Crippen LogP contribution in [-0.4, -0.2) is 59.0 Å². The number of nitrogens with two attached hydrogens (primary N) is 1. The van der Waals surface area contributed by atoms with Crippen molar-refractivity contribution in [2.45, 2.75) is 84.3 Å². The quantitative estimate of drug-likeness (QED) is 0.358. The maximum absolute atomic E-state index is 12.9. The van der Waals surface area contributed by atoms with Gasteiger partial charge < -0.3 is 10.5 Å². The summed E-state index contributed by atoms with van der Waals surface area (Å²) in [6.07, 6.45) is 8.73. The SMILES string of the molecule is C=C/C(=C\CC)C1CSC(C[C@H](N)C(=O)N2CCC[C@@H](C(=O)OCC(C)(C)CCC)N2)=N1. The second-order valence-corrected chi connectivity index (χ2v) is 10.4. The summed E-state index contributed by atoms with van der Waals surface area (Å²) in [5, 5.41) is 2.38. The van der Waals surface area contributed by atoms with Crippen molar-refractivity contribution in [3.05, 3.63) is 24.3 Å². The average molecular weight is 465 g/mol. The number of esters is 1. The maximum atomic E-state index is 12.9. The van der Waals surface area contributed by atoms with Gasteiger partial charge in [0.1, 0.15) is 6.04 Å². The first-order chi connectivity index (χ1) is 15.2. The van der Waals surface area contributed by atoms with E-state index in [0.29, 0.717) is 26.0 Å². The molecule has 2 aliphatic heterocycles. The number of allylic oxidation sites excluding steroid dienone is 1. The minimum atomic E-state index is -0.701. The van der Waals surface area contributed by atoms with Gasteiger partial charge in [0.05, 0.1) is 23.7 Å². The molecule has 180 valence electrons. The number of carbonyl (C=O) groups is 2. The first-order valence-corrected chi connectivity index (χ1v) is 12.7. The van der Waals surface area contributed by atoms with Crippen molar-refractivity contribution in [2.75, 3.05) is 18.9 Å². The molecular formula is C24H40N4O3S. The molecular weight excluding hydrogens is 424 g/mol. The van der Waals surface area contributed by atoms with Crippen LogP contribution < -0.4 is 11.2 Å². The number of carbonyl (C=O) groups excluding carboxylic acids is 2. The van der Waals surface area contributed by atoms with Gasteiger partial charge in [0.15, 0.2) is 0 Å². The Balaban J connectivity index is 1.89.